The average Bonchev–Trinajstić information content (AvgIpc) is 3.56. The normalized spacial score (nSPS) is 14.9. The van der Waals surface area contributed by atoms with Crippen molar-refractivity contribution in [2.24, 2.45) is 0 Å². The summed E-state index contributed by atoms with van der Waals surface area (Å²) in [5.41, 5.74) is 4.31. The minimum absolute atomic E-state index is 0.0229. The number of urea groups is 1. The Morgan fingerprint density at radius 1 is 1.05 bits per heavy atom. The molecule has 3 heterocycles. The fourth-order valence-corrected chi connectivity index (χ4v) is 5.49. The number of aryl methyl sites for hydroxylation is 1. The Labute approximate surface area is 220 Å². The number of fused-ring (bicyclic) bond motifs is 1. The first-order chi connectivity index (χ1) is 18.0. The summed E-state index contributed by atoms with van der Waals surface area (Å²) in [7, 11) is 0. The summed E-state index contributed by atoms with van der Waals surface area (Å²) >= 11 is 1.35. The van der Waals surface area contributed by atoms with Gasteiger partial charge in [0.05, 0.1) is 25.3 Å². The number of benzene rings is 2. The van der Waals surface area contributed by atoms with Crippen LogP contribution in [0.5, 0.6) is 5.75 Å². The Bertz CT molecular complexity index is 1280. The van der Waals surface area contributed by atoms with E-state index in [0.717, 1.165) is 60.5 Å². The maximum Gasteiger partial charge on any atom is 0.322 e. The van der Waals surface area contributed by atoms with E-state index in [9.17, 15) is 14.4 Å². The summed E-state index contributed by atoms with van der Waals surface area (Å²) in [6.07, 6.45) is 2.86. The molecular weight excluding hydrogens is 488 g/mol. The SMILES string of the molecule is Cc1ccc(N(C=O)Cc2ccc3c(c2)CN(C(=O)Nc2ccsc2C(=O)N2CCCC2)CCO3)cc1. The van der Waals surface area contributed by atoms with Crippen molar-refractivity contribution in [2.75, 3.05) is 36.5 Å². The Balaban J connectivity index is 1.29. The molecule has 1 N–H and O–H groups in total. The van der Waals surface area contributed by atoms with Crippen LogP contribution < -0.4 is 15.0 Å². The predicted octanol–water partition coefficient (Wildman–Crippen LogP) is 4.88. The number of nitrogens with one attached hydrogen (secondary N) is 1. The lowest BCUT2D eigenvalue weighted by Crippen LogP contribution is -2.36. The molecule has 5 rings (SSSR count). The molecule has 1 saturated heterocycles. The van der Waals surface area contributed by atoms with Crippen LogP contribution in [-0.2, 0) is 17.9 Å². The van der Waals surface area contributed by atoms with E-state index < -0.39 is 0 Å². The summed E-state index contributed by atoms with van der Waals surface area (Å²) < 4.78 is 5.91. The van der Waals surface area contributed by atoms with E-state index in [1.54, 1.807) is 15.9 Å². The quantitative estimate of drug-likeness (QED) is 0.472. The largest absolute Gasteiger partial charge is 0.491 e. The number of likely N-dealkylation sites (tertiary alicyclic amines) is 1. The summed E-state index contributed by atoms with van der Waals surface area (Å²) in [5, 5.41) is 4.78. The van der Waals surface area contributed by atoms with Gasteiger partial charge >= 0.3 is 6.03 Å². The van der Waals surface area contributed by atoms with Crippen LogP contribution in [0.1, 0.15) is 39.2 Å². The zero-order valence-corrected chi connectivity index (χ0v) is 21.6. The van der Waals surface area contributed by atoms with Crippen molar-refractivity contribution in [1.29, 1.82) is 0 Å². The third-order valence-electron chi connectivity index (χ3n) is 6.73. The molecular formula is C28H30N4O4S. The number of ether oxygens (including phenoxy) is 1. The molecule has 0 saturated carbocycles. The molecule has 2 aliphatic rings. The second kappa shape index (κ2) is 11.0. The topological polar surface area (TPSA) is 82.2 Å². The van der Waals surface area contributed by atoms with Crippen LogP contribution in [0.4, 0.5) is 16.2 Å². The number of carbonyl (C=O) groups is 3. The standard InChI is InChI=1S/C28H30N4O4S/c1-20-4-7-23(8-5-20)32(19-33)17-21-6-9-25-22(16-21)18-31(13-14-36-25)28(35)29-24-10-15-37-26(24)27(34)30-11-2-3-12-30/h4-10,15-16,19H,2-3,11-14,17-18H2,1H3,(H,29,35). The molecule has 0 spiro atoms. The maximum absolute atomic E-state index is 13.2. The van der Waals surface area contributed by atoms with Crippen LogP contribution in [0.25, 0.3) is 0 Å². The van der Waals surface area contributed by atoms with Crippen molar-refractivity contribution in [3.05, 3.63) is 75.5 Å². The van der Waals surface area contributed by atoms with Crippen molar-refractivity contribution in [2.45, 2.75) is 32.9 Å². The fourth-order valence-electron chi connectivity index (χ4n) is 4.67. The third-order valence-corrected chi connectivity index (χ3v) is 7.63. The van der Waals surface area contributed by atoms with Gasteiger partial charge in [-0.1, -0.05) is 23.8 Å². The second-order valence-electron chi connectivity index (χ2n) is 9.37. The first-order valence-electron chi connectivity index (χ1n) is 12.5. The van der Waals surface area contributed by atoms with Crippen LogP contribution >= 0.6 is 11.3 Å². The highest BCUT2D eigenvalue weighted by Crippen LogP contribution is 2.29. The molecule has 8 nitrogen and oxygen atoms in total. The van der Waals surface area contributed by atoms with Crippen molar-refractivity contribution in [1.82, 2.24) is 9.80 Å². The Morgan fingerprint density at radius 3 is 2.59 bits per heavy atom. The number of nitrogens with zero attached hydrogens (tertiary/aromatic N) is 3. The molecule has 9 heteroatoms. The zero-order valence-electron chi connectivity index (χ0n) is 20.8. The lowest BCUT2D eigenvalue weighted by Gasteiger charge is -2.22. The van der Waals surface area contributed by atoms with Gasteiger partial charge in [0.15, 0.2) is 0 Å². The summed E-state index contributed by atoms with van der Waals surface area (Å²) in [6, 6.07) is 15.1. The highest BCUT2D eigenvalue weighted by molar-refractivity contribution is 7.12. The van der Waals surface area contributed by atoms with E-state index in [0.29, 0.717) is 36.8 Å². The minimum Gasteiger partial charge on any atom is -0.491 e. The van der Waals surface area contributed by atoms with E-state index in [1.807, 2.05) is 59.7 Å². The number of thiophene rings is 1. The van der Waals surface area contributed by atoms with Gasteiger partial charge in [0.25, 0.3) is 5.91 Å². The van der Waals surface area contributed by atoms with E-state index in [2.05, 4.69) is 5.32 Å². The molecule has 0 unspecified atom stereocenters. The molecule has 4 amide bonds. The van der Waals surface area contributed by atoms with Gasteiger partial charge in [-0.2, -0.15) is 0 Å². The van der Waals surface area contributed by atoms with Crippen LogP contribution in [0, 0.1) is 6.92 Å². The molecule has 192 valence electrons. The lowest BCUT2D eigenvalue weighted by molar-refractivity contribution is -0.107. The van der Waals surface area contributed by atoms with E-state index in [4.69, 9.17) is 4.74 Å². The molecule has 0 atom stereocenters. The number of hydrogen-bond acceptors (Lipinski definition) is 5. The van der Waals surface area contributed by atoms with Crippen LogP contribution in [0.15, 0.2) is 53.9 Å². The van der Waals surface area contributed by atoms with Gasteiger partial charge in [-0.25, -0.2) is 4.79 Å². The number of amides is 4. The summed E-state index contributed by atoms with van der Waals surface area (Å²) in [5.74, 6) is 0.706. The van der Waals surface area contributed by atoms with Crippen LogP contribution in [0.3, 0.4) is 0 Å². The predicted molar refractivity (Wildman–Crippen MR) is 144 cm³/mol. The van der Waals surface area contributed by atoms with Gasteiger partial charge in [-0.05, 0) is 61.0 Å². The molecule has 0 bridgehead atoms. The van der Waals surface area contributed by atoms with E-state index in [-0.39, 0.29) is 11.9 Å². The van der Waals surface area contributed by atoms with Crippen molar-refractivity contribution in [3.8, 4) is 5.75 Å². The monoisotopic (exact) mass is 518 g/mol. The van der Waals surface area contributed by atoms with Gasteiger partial charge in [0.1, 0.15) is 17.2 Å². The number of hydrogen-bond donors (Lipinski definition) is 1. The van der Waals surface area contributed by atoms with E-state index >= 15 is 0 Å². The van der Waals surface area contributed by atoms with Gasteiger partial charge in [0.2, 0.25) is 6.41 Å². The smallest absolute Gasteiger partial charge is 0.322 e. The number of anilines is 2. The van der Waals surface area contributed by atoms with Gasteiger partial charge in [-0.3, -0.25) is 9.59 Å². The summed E-state index contributed by atoms with van der Waals surface area (Å²) in [4.78, 5) is 43.7. The average molecular weight is 519 g/mol. The molecule has 3 aromatic rings. The molecule has 1 aromatic heterocycles. The molecule has 2 aromatic carbocycles. The number of rotatable bonds is 6. The fraction of sp³-hybridized carbons (Fsp3) is 0.321. The van der Waals surface area contributed by atoms with Crippen LogP contribution in [0.2, 0.25) is 0 Å². The Morgan fingerprint density at radius 2 is 1.84 bits per heavy atom. The van der Waals surface area contributed by atoms with Gasteiger partial charge in [0, 0.05) is 24.3 Å². The highest BCUT2D eigenvalue weighted by Gasteiger charge is 2.26. The molecule has 37 heavy (non-hydrogen) atoms. The summed E-state index contributed by atoms with van der Waals surface area (Å²) in [6.45, 7) is 5.08. The highest BCUT2D eigenvalue weighted by atomic mass is 32.1. The molecule has 1 fully saturated rings. The second-order valence-corrected chi connectivity index (χ2v) is 10.3. The molecule has 0 radical (unpaired) electrons. The first-order valence-corrected chi connectivity index (χ1v) is 13.4. The zero-order chi connectivity index (χ0) is 25.8. The third kappa shape index (κ3) is 5.61. The van der Waals surface area contributed by atoms with Gasteiger partial charge < -0.3 is 24.8 Å². The lowest BCUT2D eigenvalue weighted by atomic mass is 10.1. The Hall–Kier alpha value is -3.85. The number of carbonyl (C=O) groups excluding carboxylic acids is 3. The molecule has 2 aliphatic heterocycles. The first kappa shape index (κ1) is 24.8. The maximum atomic E-state index is 13.2. The van der Waals surface area contributed by atoms with Gasteiger partial charge in [-0.15, -0.1) is 11.3 Å². The van der Waals surface area contributed by atoms with Crippen LogP contribution in [-0.4, -0.2) is 54.4 Å². The Kier molecular flexibility index (Phi) is 7.41. The minimum atomic E-state index is -0.273. The van der Waals surface area contributed by atoms with E-state index in [1.165, 1.54) is 11.3 Å². The van der Waals surface area contributed by atoms with Crippen molar-refractivity contribution >= 4 is 41.1 Å². The van der Waals surface area contributed by atoms with Crippen molar-refractivity contribution in [3.63, 3.8) is 0 Å². The molecule has 0 aliphatic carbocycles. The van der Waals surface area contributed by atoms with Crippen molar-refractivity contribution < 1.29 is 19.1 Å².